The van der Waals surface area contributed by atoms with Gasteiger partial charge >= 0.3 is 0 Å². The smallest absolute Gasteiger partial charge is 0.255 e. The highest BCUT2D eigenvalue weighted by Crippen LogP contribution is 2.29. The molecule has 1 aliphatic carbocycles. The van der Waals surface area contributed by atoms with Gasteiger partial charge in [0.2, 0.25) is 5.91 Å². The van der Waals surface area contributed by atoms with Gasteiger partial charge in [0.1, 0.15) is 5.75 Å². The van der Waals surface area contributed by atoms with Crippen molar-refractivity contribution < 1.29 is 14.3 Å². The van der Waals surface area contributed by atoms with Crippen molar-refractivity contribution in [3.05, 3.63) is 22.7 Å². The SMILES string of the molecule is COc1cc(N)c(Cl)cc1C(=O)NCC1CCN(C(C)NC(=O)C2CCCCC2)C1. The van der Waals surface area contributed by atoms with Crippen LogP contribution in [0.4, 0.5) is 5.69 Å². The van der Waals surface area contributed by atoms with E-state index in [9.17, 15) is 9.59 Å². The van der Waals surface area contributed by atoms with Gasteiger partial charge in [0.05, 0.1) is 29.5 Å². The lowest BCUT2D eigenvalue weighted by molar-refractivity contribution is -0.127. The number of likely N-dealkylation sites (tertiary alicyclic amines) is 1. The molecule has 2 unspecified atom stereocenters. The largest absolute Gasteiger partial charge is 0.496 e. The lowest BCUT2D eigenvalue weighted by Gasteiger charge is -2.28. The number of halogens is 1. The molecule has 0 radical (unpaired) electrons. The van der Waals surface area contributed by atoms with Gasteiger partial charge in [0.15, 0.2) is 0 Å². The zero-order valence-electron chi connectivity index (χ0n) is 17.9. The first kappa shape index (κ1) is 22.7. The summed E-state index contributed by atoms with van der Waals surface area (Å²) in [6, 6.07) is 3.10. The molecule has 0 bridgehead atoms. The number of ether oxygens (including phenoxy) is 1. The van der Waals surface area contributed by atoms with E-state index in [-0.39, 0.29) is 23.9 Å². The third-order valence-electron chi connectivity index (χ3n) is 6.31. The molecule has 2 aliphatic rings. The van der Waals surface area contributed by atoms with E-state index in [0.29, 0.717) is 34.5 Å². The van der Waals surface area contributed by atoms with Gasteiger partial charge in [-0.3, -0.25) is 14.5 Å². The van der Waals surface area contributed by atoms with E-state index in [2.05, 4.69) is 15.5 Å². The summed E-state index contributed by atoms with van der Waals surface area (Å²) in [5.41, 5.74) is 6.54. The Bertz CT molecular complexity index is 767. The molecule has 1 aliphatic heterocycles. The minimum atomic E-state index is -0.231. The van der Waals surface area contributed by atoms with Crippen molar-refractivity contribution in [2.45, 2.75) is 51.6 Å². The number of anilines is 1. The first-order chi connectivity index (χ1) is 14.4. The van der Waals surface area contributed by atoms with Gasteiger partial charge in [0.25, 0.3) is 5.91 Å². The lowest BCUT2D eigenvalue weighted by Crippen LogP contribution is -2.47. The molecule has 1 aromatic rings. The number of nitrogens with two attached hydrogens (primary N) is 1. The standard InChI is InChI=1S/C22H33ClN4O3/c1-14(26-21(28)16-6-4-3-5-7-16)27-9-8-15(13-27)12-25-22(29)17-10-18(23)19(24)11-20(17)30-2/h10-11,14-16H,3-9,12-13,24H2,1-2H3,(H,25,29)(H,26,28). The van der Waals surface area contributed by atoms with Crippen LogP contribution in [0.2, 0.25) is 5.02 Å². The highest BCUT2D eigenvalue weighted by molar-refractivity contribution is 6.33. The van der Waals surface area contributed by atoms with Crippen LogP contribution in [0.5, 0.6) is 5.75 Å². The van der Waals surface area contributed by atoms with Gasteiger partial charge in [-0.15, -0.1) is 0 Å². The van der Waals surface area contributed by atoms with Crippen LogP contribution in [0.1, 0.15) is 55.8 Å². The number of carbonyl (C=O) groups is 2. The zero-order valence-corrected chi connectivity index (χ0v) is 18.6. The van der Waals surface area contributed by atoms with E-state index in [1.165, 1.54) is 19.6 Å². The summed E-state index contributed by atoms with van der Waals surface area (Å²) >= 11 is 6.06. The summed E-state index contributed by atoms with van der Waals surface area (Å²) in [6.07, 6.45) is 6.55. The van der Waals surface area contributed by atoms with Crippen LogP contribution in [-0.2, 0) is 4.79 Å². The van der Waals surface area contributed by atoms with Crippen LogP contribution in [0.25, 0.3) is 0 Å². The molecule has 2 atom stereocenters. The highest BCUT2D eigenvalue weighted by atomic mass is 35.5. The van der Waals surface area contributed by atoms with Crippen molar-refractivity contribution in [1.82, 2.24) is 15.5 Å². The highest BCUT2D eigenvalue weighted by Gasteiger charge is 2.29. The van der Waals surface area contributed by atoms with Crippen molar-refractivity contribution in [3.63, 3.8) is 0 Å². The quantitative estimate of drug-likeness (QED) is 0.571. The van der Waals surface area contributed by atoms with Gasteiger partial charge in [-0.1, -0.05) is 30.9 Å². The third kappa shape index (κ3) is 5.58. The molecular weight excluding hydrogens is 404 g/mol. The van der Waals surface area contributed by atoms with Crippen molar-refractivity contribution in [2.75, 3.05) is 32.5 Å². The van der Waals surface area contributed by atoms with E-state index < -0.39 is 0 Å². The van der Waals surface area contributed by atoms with Gasteiger partial charge in [-0.05, 0) is 38.2 Å². The van der Waals surface area contributed by atoms with E-state index in [1.807, 2.05) is 6.92 Å². The molecule has 2 amide bonds. The number of nitrogens with one attached hydrogen (secondary N) is 2. The fourth-order valence-corrected chi connectivity index (χ4v) is 4.57. The Kier molecular flexibility index (Phi) is 7.83. The Morgan fingerprint density at radius 3 is 2.70 bits per heavy atom. The minimum Gasteiger partial charge on any atom is -0.496 e. The van der Waals surface area contributed by atoms with E-state index in [4.69, 9.17) is 22.1 Å². The van der Waals surface area contributed by atoms with Crippen LogP contribution in [0, 0.1) is 11.8 Å². The summed E-state index contributed by atoms with van der Waals surface area (Å²) < 4.78 is 5.26. The third-order valence-corrected chi connectivity index (χ3v) is 6.63. The average Bonchev–Trinajstić information content (AvgIpc) is 3.23. The first-order valence-corrected chi connectivity index (χ1v) is 11.2. The number of amides is 2. The molecule has 166 valence electrons. The van der Waals surface area contributed by atoms with Crippen LogP contribution in [0.15, 0.2) is 12.1 Å². The molecule has 1 saturated heterocycles. The molecular formula is C22H33ClN4O3. The van der Waals surface area contributed by atoms with Crippen molar-refractivity contribution in [1.29, 1.82) is 0 Å². The van der Waals surface area contributed by atoms with Gasteiger partial charge in [-0.2, -0.15) is 0 Å². The number of carbonyl (C=O) groups excluding carboxylic acids is 2. The van der Waals surface area contributed by atoms with Crippen molar-refractivity contribution in [3.8, 4) is 5.75 Å². The van der Waals surface area contributed by atoms with E-state index in [0.717, 1.165) is 45.2 Å². The van der Waals surface area contributed by atoms with Crippen LogP contribution >= 0.6 is 11.6 Å². The fourth-order valence-electron chi connectivity index (χ4n) is 4.41. The molecule has 4 N–H and O–H groups in total. The summed E-state index contributed by atoms with van der Waals surface area (Å²) in [5.74, 6) is 0.859. The first-order valence-electron chi connectivity index (χ1n) is 10.8. The fraction of sp³-hybridized carbons (Fsp3) is 0.636. The zero-order chi connectivity index (χ0) is 21.7. The molecule has 8 heteroatoms. The number of hydrogen-bond acceptors (Lipinski definition) is 5. The molecule has 0 aromatic heterocycles. The van der Waals surface area contributed by atoms with E-state index in [1.54, 1.807) is 6.07 Å². The number of rotatable bonds is 7. The van der Waals surface area contributed by atoms with Crippen molar-refractivity contribution >= 4 is 29.1 Å². The number of hydrogen-bond donors (Lipinski definition) is 3. The Morgan fingerprint density at radius 1 is 1.27 bits per heavy atom. The Balaban J connectivity index is 1.47. The van der Waals surface area contributed by atoms with Gasteiger partial charge in [0, 0.05) is 31.6 Å². The van der Waals surface area contributed by atoms with Crippen LogP contribution in [-0.4, -0.2) is 49.6 Å². The van der Waals surface area contributed by atoms with E-state index >= 15 is 0 Å². The summed E-state index contributed by atoms with van der Waals surface area (Å²) in [5, 5.41) is 6.50. The van der Waals surface area contributed by atoms with Crippen LogP contribution < -0.4 is 21.1 Å². The summed E-state index contributed by atoms with van der Waals surface area (Å²) in [4.78, 5) is 27.4. The Morgan fingerprint density at radius 2 is 2.00 bits per heavy atom. The number of benzene rings is 1. The maximum atomic E-state index is 12.6. The molecule has 3 rings (SSSR count). The molecule has 0 spiro atoms. The number of nitrogen functional groups attached to an aromatic ring is 1. The second-order valence-corrected chi connectivity index (χ2v) is 8.86. The summed E-state index contributed by atoms with van der Waals surface area (Å²) in [6.45, 7) is 4.35. The predicted molar refractivity (Wildman–Crippen MR) is 119 cm³/mol. The lowest BCUT2D eigenvalue weighted by atomic mass is 9.88. The van der Waals surface area contributed by atoms with Crippen molar-refractivity contribution in [2.24, 2.45) is 11.8 Å². The maximum absolute atomic E-state index is 12.6. The molecule has 2 fully saturated rings. The molecule has 1 aromatic carbocycles. The van der Waals surface area contributed by atoms with Crippen LogP contribution in [0.3, 0.4) is 0 Å². The summed E-state index contributed by atoms with van der Waals surface area (Å²) in [7, 11) is 1.50. The second-order valence-electron chi connectivity index (χ2n) is 8.45. The molecule has 7 nitrogen and oxygen atoms in total. The second kappa shape index (κ2) is 10.4. The minimum absolute atomic E-state index is 0.0103. The predicted octanol–water partition coefficient (Wildman–Crippen LogP) is 3.03. The normalized spacial score (nSPS) is 21.2. The average molecular weight is 437 g/mol. The maximum Gasteiger partial charge on any atom is 0.255 e. The van der Waals surface area contributed by atoms with Gasteiger partial charge in [-0.25, -0.2) is 0 Å². The number of methoxy groups -OCH3 is 1. The Hall–Kier alpha value is -1.99. The molecule has 30 heavy (non-hydrogen) atoms. The van der Waals surface area contributed by atoms with Gasteiger partial charge < -0.3 is 21.1 Å². The monoisotopic (exact) mass is 436 g/mol. The molecule has 1 heterocycles. The Labute approximate surface area is 183 Å². The topological polar surface area (TPSA) is 96.7 Å². The molecule has 1 saturated carbocycles. The number of nitrogens with zero attached hydrogens (tertiary/aromatic N) is 1.